The molecule has 0 aliphatic rings. The average molecular weight is 333 g/mol. The fraction of sp³-hybridized carbons (Fsp3) is 1.00. The molecule has 0 saturated heterocycles. The monoisotopic (exact) mass is 332 g/mol. The van der Waals surface area contributed by atoms with Gasteiger partial charge in [-0.25, -0.2) is 0 Å². The van der Waals surface area contributed by atoms with Gasteiger partial charge < -0.3 is 21.5 Å². The summed E-state index contributed by atoms with van der Waals surface area (Å²) in [5, 5.41) is 0. The minimum absolute atomic E-state index is 0.0139. The van der Waals surface area contributed by atoms with E-state index in [4.69, 9.17) is 21.5 Å². The van der Waals surface area contributed by atoms with Gasteiger partial charge in [-0.05, 0) is 12.6 Å². The summed E-state index contributed by atoms with van der Waals surface area (Å²) in [5.41, 5.74) is 0. The van der Waals surface area contributed by atoms with E-state index in [0.29, 0.717) is 0 Å². The number of rotatable bonds is 8. The second-order valence-corrected chi connectivity index (χ2v) is 13.5. The third-order valence-corrected chi connectivity index (χ3v) is 12.5. The molecule has 1 unspecified atom stereocenters. The second kappa shape index (κ2) is 13.3. The van der Waals surface area contributed by atoms with Crippen LogP contribution in [0.3, 0.4) is 0 Å². The van der Waals surface area contributed by atoms with Gasteiger partial charge in [0, 0.05) is 27.4 Å². The summed E-state index contributed by atoms with van der Waals surface area (Å²) < 4.78 is 26.1. The van der Waals surface area contributed by atoms with Crippen LogP contribution in [0.1, 0.15) is 0 Å². The second-order valence-electron chi connectivity index (χ2n) is 3.46. The van der Waals surface area contributed by atoms with Gasteiger partial charge in [-0.2, -0.15) is 0 Å². The van der Waals surface area contributed by atoms with Crippen LogP contribution >= 0.6 is 0 Å². The molecule has 17 heavy (non-hydrogen) atoms. The van der Waals surface area contributed by atoms with Crippen LogP contribution in [0.25, 0.3) is 0 Å². The quantitative estimate of drug-likeness (QED) is 0.478. The highest BCUT2D eigenvalue weighted by molar-refractivity contribution is 6.63. The molecule has 0 bridgehead atoms. The first-order chi connectivity index (χ1) is 8.05. The molecule has 106 valence electrons. The SMILES string of the molecule is CO[Si](CC[SiH](C)O[SiH3])(OC)OC.C[SiH2]O[SiH3]. The molecule has 0 aliphatic carbocycles. The van der Waals surface area contributed by atoms with Gasteiger partial charge in [-0.1, -0.05) is 6.55 Å². The first-order valence-corrected chi connectivity index (χ1v) is 13.7. The molecule has 0 aliphatic heterocycles. The average Bonchev–Trinajstić information content (AvgIpc) is 2.40. The fourth-order valence-corrected chi connectivity index (χ4v) is 6.15. The highest BCUT2D eigenvalue weighted by atomic mass is 28.4. The van der Waals surface area contributed by atoms with E-state index in [1.54, 1.807) is 21.3 Å². The predicted molar refractivity (Wildman–Crippen MR) is 85.9 cm³/mol. The van der Waals surface area contributed by atoms with Gasteiger partial charge in [-0.15, -0.1) is 0 Å². The molecule has 0 saturated carbocycles. The van der Waals surface area contributed by atoms with Crippen molar-refractivity contribution >= 4 is 48.6 Å². The van der Waals surface area contributed by atoms with Crippen LogP contribution in [0.15, 0.2) is 0 Å². The Labute approximate surface area is 117 Å². The molecule has 0 N–H and O–H groups in total. The largest absolute Gasteiger partial charge is 0.499 e. The van der Waals surface area contributed by atoms with Crippen molar-refractivity contribution in [1.82, 2.24) is 0 Å². The third-order valence-electron chi connectivity index (χ3n) is 2.48. The van der Waals surface area contributed by atoms with Gasteiger partial charge in [0.2, 0.25) is 0 Å². The van der Waals surface area contributed by atoms with Crippen molar-refractivity contribution in [3.63, 3.8) is 0 Å². The predicted octanol–water partition coefficient (Wildman–Crippen LogP) is -2.07. The van der Waals surface area contributed by atoms with E-state index in [9.17, 15) is 0 Å². The first-order valence-electron chi connectivity index (χ1n) is 5.72. The van der Waals surface area contributed by atoms with E-state index < -0.39 is 17.8 Å². The molecule has 0 spiro atoms. The molecule has 0 heterocycles. The number of hydrogen-bond acceptors (Lipinski definition) is 5. The Hall–Kier alpha value is 0.884. The molecule has 10 heteroatoms. The van der Waals surface area contributed by atoms with E-state index in [-0.39, 0.29) is 9.76 Å². The van der Waals surface area contributed by atoms with E-state index in [0.717, 1.165) is 33.1 Å². The molecular weight excluding hydrogens is 305 g/mol. The molecule has 0 aromatic rings. The normalized spacial score (nSPS) is 13.9. The van der Waals surface area contributed by atoms with Crippen LogP contribution in [-0.2, 0) is 21.5 Å². The molecule has 5 nitrogen and oxygen atoms in total. The van der Waals surface area contributed by atoms with E-state index in [1.165, 1.54) is 0 Å². The maximum Gasteiger partial charge on any atom is 0.499 e. The molecule has 0 amide bonds. The number of hydrogen-bond donors (Lipinski definition) is 0. The highest BCUT2D eigenvalue weighted by Gasteiger charge is 2.37. The van der Waals surface area contributed by atoms with Gasteiger partial charge in [0.15, 0.2) is 9.04 Å². The minimum atomic E-state index is -2.33. The Morgan fingerprint density at radius 1 is 1.12 bits per heavy atom. The van der Waals surface area contributed by atoms with Crippen LogP contribution in [0.5, 0.6) is 0 Å². The third kappa shape index (κ3) is 10.5. The van der Waals surface area contributed by atoms with Crippen molar-refractivity contribution in [3.8, 4) is 0 Å². The molecule has 0 radical (unpaired) electrons. The topological polar surface area (TPSA) is 46.2 Å². The summed E-state index contributed by atoms with van der Waals surface area (Å²) in [5.74, 6) is 0. The van der Waals surface area contributed by atoms with Crippen molar-refractivity contribution in [3.05, 3.63) is 0 Å². The standard InChI is InChI=1S/C6H20O4Si3.CH8OSi2/c1-7-13(8-2,9-3)6-5-12(4)10-11;1-4-2-3/h12H,5-6H2,1-4,11H3;4H2,1,3H3. The lowest BCUT2D eigenvalue weighted by Crippen LogP contribution is -2.43. The van der Waals surface area contributed by atoms with Gasteiger partial charge in [0.05, 0.1) is 0 Å². The Balaban J connectivity index is 0. The maximum atomic E-state index is 5.41. The van der Waals surface area contributed by atoms with Crippen molar-refractivity contribution in [2.24, 2.45) is 0 Å². The Morgan fingerprint density at radius 2 is 1.53 bits per heavy atom. The Kier molecular flexibility index (Phi) is 15.8. The summed E-state index contributed by atoms with van der Waals surface area (Å²) in [6, 6.07) is 1.93. The Morgan fingerprint density at radius 3 is 1.76 bits per heavy atom. The van der Waals surface area contributed by atoms with E-state index in [2.05, 4.69) is 13.1 Å². The Bertz CT molecular complexity index is 149. The van der Waals surface area contributed by atoms with Crippen LogP contribution in [0.4, 0.5) is 0 Å². The lowest BCUT2D eigenvalue weighted by atomic mass is 10.9. The van der Waals surface area contributed by atoms with Crippen molar-refractivity contribution in [2.75, 3.05) is 21.3 Å². The zero-order chi connectivity index (χ0) is 13.7. The lowest BCUT2D eigenvalue weighted by molar-refractivity contribution is 0.125. The van der Waals surface area contributed by atoms with Gasteiger partial charge in [0.1, 0.15) is 30.7 Å². The van der Waals surface area contributed by atoms with Crippen LogP contribution < -0.4 is 0 Å². The molecule has 0 fully saturated rings. The molecule has 0 aromatic carbocycles. The molecular formula is C7H28O5Si5. The molecule has 0 rings (SSSR count). The maximum absolute atomic E-state index is 5.41. The highest BCUT2D eigenvalue weighted by Crippen LogP contribution is 2.16. The van der Waals surface area contributed by atoms with Crippen molar-refractivity contribution in [2.45, 2.75) is 25.2 Å². The summed E-state index contributed by atoms with van der Waals surface area (Å²) in [4.78, 5) is 0. The van der Waals surface area contributed by atoms with E-state index in [1.807, 2.05) is 0 Å². The zero-order valence-corrected chi connectivity index (χ0v) is 19.8. The molecule has 1 atom stereocenters. The van der Waals surface area contributed by atoms with Gasteiger partial charge in [0.25, 0.3) is 0 Å². The summed E-state index contributed by atoms with van der Waals surface area (Å²) in [7, 11) is 3.42. The summed E-state index contributed by atoms with van der Waals surface area (Å²) in [6.45, 7) is 4.32. The van der Waals surface area contributed by atoms with Crippen molar-refractivity contribution < 1.29 is 21.5 Å². The summed E-state index contributed by atoms with van der Waals surface area (Å²) in [6.07, 6.45) is 0. The van der Waals surface area contributed by atoms with Crippen LogP contribution in [0.2, 0.25) is 25.2 Å². The van der Waals surface area contributed by atoms with Gasteiger partial charge >= 0.3 is 8.80 Å². The minimum Gasteiger partial charge on any atom is -0.468 e. The smallest absolute Gasteiger partial charge is 0.468 e. The fourth-order valence-electron chi connectivity index (χ4n) is 1.05. The van der Waals surface area contributed by atoms with Crippen molar-refractivity contribution in [1.29, 1.82) is 0 Å². The van der Waals surface area contributed by atoms with Gasteiger partial charge in [-0.3, -0.25) is 0 Å². The van der Waals surface area contributed by atoms with E-state index >= 15 is 0 Å². The molecule has 0 aromatic heterocycles. The lowest BCUT2D eigenvalue weighted by Gasteiger charge is -2.25. The first kappa shape index (κ1) is 20.2. The summed E-state index contributed by atoms with van der Waals surface area (Å²) >= 11 is 0. The zero-order valence-electron chi connectivity index (χ0n) is 12.2. The van der Waals surface area contributed by atoms with Crippen LogP contribution in [0, 0.1) is 0 Å². The van der Waals surface area contributed by atoms with Crippen LogP contribution in [-0.4, -0.2) is 69.9 Å².